The Morgan fingerprint density at radius 1 is 1.00 bits per heavy atom. The molecule has 0 unspecified atom stereocenters. The fourth-order valence-corrected chi connectivity index (χ4v) is 6.11. The van der Waals surface area contributed by atoms with Gasteiger partial charge in [0.15, 0.2) is 6.04 Å². The molecule has 2 aromatic carbocycles. The predicted molar refractivity (Wildman–Crippen MR) is 120 cm³/mol. The molecular weight excluding hydrogens is 477 g/mol. The Labute approximate surface area is 196 Å². The number of anilines is 1. The number of amides is 2. The van der Waals surface area contributed by atoms with Crippen molar-refractivity contribution in [3.05, 3.63) is 52.5 Å². The third-order valence-electron chi connectivity index (χ3n) is 5.81. The number of rotatable bonds is 5. The first-order chi connectivity index (χ1) is 15.2. The van der Waals surface area contributed by atoms with E-state index in [1.54, 1.807) is 12.1 Å². The first-order valence-corrected chi connectivity index (χ1v) is 12.2. The zero-order valence-corrected chi connectivity index (χ0v) is 19.6. The van der Waals surface area contributed by atoms with Crippen LogP contribution in [0.25, 0.3) is 0 Å². The van der Waals surface area contributed by atoms with Crippen LogP contribution in [-0.4, -0.2) is 63.9 Å². The van der Waals surface area contributed by atoms with Gasteiger partial charge < -0.3 is 9.64 Å². The summed E-state index contributed by atoms with van der Waals surface area (Å²) in [6, 6.07) is 10.3. The minimum absolute atomic E-state index is 0.0591. The molecule has 0 spiro atoms. The van der Waals surface area contributed by atoms with Crippen molar-refractivity contribution in [1.29, 1.82) is 0 Å². The Morgan fingerprint density at radius 3 is 2.16 bits per heavy atom. The first-order valence-electron chi connectivity index (χ1n) is 10.0. The summed E-state index contributed by atoms with van der Waals surface area (Å²) in [5.74, 6) is -0.0675. The summed E-state index contributed by atoms with van der Waals surface area (Å²) in [5, 5.41) is 0.669. The number of halogens is 2. The molecule has 170 valence electrons. The van der Waals surface area contributed by atoms with Crippen LogP contribution in [-0.2, 0) is 19.6 Å². The summed E-state index contributed by atoms with van der Waals surface area (Å²) in [4.78, 5) is 27.9. The minimum atomic E-state index is -3.65. The van der Waals surface area contributed by atoms with Crippen molar-refractivity contribution in [3.63, 3.8) is 0 Å². The third-order valence-corrected chi connectivity index (χ3v) is 8.16. The Kier molecular flexibility index (Phi) is 6.46. The molecule has 32 heavy (non-hydrogen) atoms. The number of sulfonamides is 1. The molecule has 2 fully saturated rings. The van der Waals surface area contributed by atoms with E-state index >= 15 is 0 Å². The van der Waals surface area contributed by atoms with Gasteiger partial charge in [-0.25, -0.2) is 13.3 Å². The zero-order chi connectivity index (χ0) is 23.0. The Balaban J connectivity index is 1.45. The number of imide groups is 1. The number of methoxy groups -OCH3 is 1. The van der Waals surface area contributed by atoms with Gasteiger partial charge in [-0.2, -0.15) is 4.31 Å². The predicted octanol–water partition coefficient (Wildman–Crippen LogP) is 1.22. The fourth-order valence-electron chi connectivity index (χ4n) is 4.15. The van der Waals surface area contributed by atoms with Gasteiger partial charge in [0.05, 0.1) is 50.3 Å². The van der Waals surface area contributed by atoms with Gasteiger partial charge in [0.25, 0.3) is 5.91 Å². The van der Waals surface area contributed by atoms with Gasteiger partial charge in [0.1, 0.15) is 5.75 Å². The van der Waals surface area contributed by atoms with E-state index in [1.165, 1.54) is 41.7 Å². The normalized spacial score (nSPS) is 20.7. The molecule has 0 aliphatic carbocycles. The highest BCUT2D eigenvalue weighted by atomic mass is 35.5. The second-order valence-corrected chi connectivity index (χ2v) is 10.5. The van der Waals surface area contributed by atoms with Gasteiger partial charge >= 0.3 is 0 Å². The molecule has 0 aromatic heterocycles. The Morgan fingerprint density at radius 2 is 1.59 bits per heavy atom. The summed E-state index contributed by atoms with van der Waals surface area (Å²) in [6.45, 7) is 1.35. The van der Waals surface area contributed by atoms with Crippen molar-refractivity contribution in [2.24, 2.45) is 0 Å². The smallest absolute Gasteiger partial charge is 0.292 e. The van der Waals surface area contributed by atoms with Gasteiger partial charge in [0.2, 0.25) is 15.9 Å². The lowest BCUT2D eigenvalue weighted by molar-refractivity contribution is -0.918. The summed E-state index contributed by atoms with van der Waals surface area (Å²) in [7, 11) is -2.13. The standard InChI is InChI=1S/C21H21Cl2N3O5S/c1-31-17-2-4-18(5-3-17)32(29,30)25-8-6-24(7-9-25)19-13-20(27)26(21(19)28)16-11-14(22)10-15(23)12-16/h2-5,10-12,19H,6-9,13H2,1H3/p+1/t19-/m0/s1. The van der Waals surface area contributed by atoms with E-state index in [0.29, 0.717) is 34.6 Å². The molecule has 8 nitrogen and oxygen atoms in total. The largest absolute Gasteiger partial charge is 0.497 e. The highest BCUT2D eigenvalue weighted by Gasteiger charge is 2.47. The summed E-state index contributed by atoms with van der Waals surface area (Å²) < 4.78 is 32.4. The van der Waals surface area contributed by atoms with Crippen LogP contribution in [0.15, 0.2) is 47.4 Å². The van der Waals surface area contributed by atoms with Crippen LogP contribution in [0.2, 0.25) is 10.0 Å². The summed E-state index contributed by atoms with van der Waals surface area (Å²) >= 11 is 12.1. The molecule has 0 bridgehead atoms. The number of hydrogen-bond acceptors (Lipinski definition) is 5. The number of benzene rings is 2. The van der Waals surface area contributed by atoms with E-state index in [0.717, 1.165) is 9.80 Å². The van der Waals surface area contributed by atoms with Crippen molar-refractivity contribution in [3.8, 4) is 5.75 Å². The van der Waals surface area contributed by atoms with E-state index in [1.807, 2.05) is 0 Å². The maximum Gasteiger partial charge on any atom is 0.292 e. The SMILES string of the molecule is COc1ccc(S(=O)(=O)N2CC[NH+]([C@H]3CC(=O)N(c4cc(Cl)cc(Cl)c4)C3=O)CC2)cc1. The monoisotopic (exact) mass is 498 g/mol. The maximum absolute atomic E-state index is 13.1. The third kappa shape index (κ3) is 4.35. The van der Waals surface area contributed by atoms with Crippen LogP contribution in [0.4, 0.5) is 5.69 Å². The molecule has 0 radical (unpaired) electrons. The van der Waals surface area contributed by atoms with E-state index in [-0.39, 0.29) is 36.2 Å². The van der Waals surface area contributed by atoms with Crippen molar-refractivity contribution in [2.45, 2.75) is 17.4 Å². The number of piperazine rings is 1. The number of quaternary nitrogens is 1. The molecule has 1 N–H and O–H groups in total. The second kappa shape index (κ2) is 8.99. The molecule has 2 heterocycles. The quantitative estimate of drug-likeness (QED) is 0.626. The lowest BCUT2D eigenvalue weighted by Crippen LogP contribution is -3.19. The molecule has 4 rings (SSSR count). The number of nitrogens with one attached hydrogen (secondary N) is 1. The van der Waals surface area contributed by atoms with Crippen molar-refractivity contribution >= 4 is 50.7 Å². The topological polar surface area (TPSA) is 88.4 Å². The van der Waals surface area contributed by atoms with Gasteiger partial charge in [-0.15, -0.1) is 0 Å². The lowest BCUT2D eigenvalue weighted by Gasteiger charge is -2.33. The molecule has 11 heteroatoms. The van der Waals surface area contributed by atoms with Crippen LogP contribution < -0.4 is 14.5 Å². The zero-order valence-electron chi connectivity index (χ0n) is 17.3. The van der Waals surface area contributed by atoms with Crippen molar-refractivity contribution < 1.29 is 27.6 Å². The molecule has 0 saturated carbocycles. The first kappa shape index (κ1) is 23.0. The highest BCUT2D eigenvalue weighted by Crippen LogP contribution is 2.29. The molecule has 2 saturated heterocycles. The second-order valence-electron chi connectivity index (χ2n) is 7.69. The summed E-state index contributed by atoms with van der Waals surface area (Å²) in [6.07, 6.45) is 0.0591. The molecule has 1 atom stereocenters. The molecule has 2 aromatic rings. The average molecular weight is 499 g/mol. The van der Waals surface area contributed by atoms with Crippen LogP contribution in [0, 0.1) is 0 Å². The highest BCUT2D eigenvalue weighted by molar-refractivity contribution is 7.89. The maximum atomic E-state index is 13.1. The summed E-state index contributed by atoms with van der Waals surface area (Å²) in [5.41, 5.74) is 0.347. The van der Waals surface area contributed by atoms with Crippen LogP contribution in [0.3, 0.4) is 0 Å². The minimum Gasteiger partial charge on any atom is -0.497 e. The molecular formula is C21H22Cl2N3O5S+. The van der Waals surface area contributed by atoms with E-state index in [9.17, 15) is 18.0 Å². The van der Waals surface area contributed by atoms with Crippen molar-refractivity contribution in [2.75, 3.05) is 38.2 Å². The van der Waals surface area contributed by atoms with Crippen LogP contribution in [0.5, 0.6) is 5.75 Å². The van der Waals surface area contributed by atoms with Crippen LogP contribution >= 0.6 is 23.2 Å². The van der Waals surface area contributed by atoms with Gasteiger partial charge in [-0.1, -0.05) is 23.2 Å². The van der Waals surface area contributed by atoms with Gasteiger partial charge in [-0.05, 0) is 42.5 Å². The van der Waals surface area contributed by atoms with Crippen LogP contribution in [0.1, 0.15) is 6.42 Å². The van der Waals surface area contributed by atoms with Gasteiger partial charge in [0, 0.05) is 10.0 Å². The number of hydrogen-bond donors (Lipinski definition) is 1. The molecule has 2 aliphatic rings. The number of carbonyl (C=O) groups excluding carboxylic acids is 2. The molecule has 2 amide bonds. The fraction of sp³-hybridized carbons (Fsp3) is 0.333. The van der Waals surface area contributed by atoms with E-state index in [2.05, 4.69) is 0 Å². The number of nitrogens with zero attached hydrogens (tertiary/aromatic N) is 2. The molecule has 2 aliphatic heterocycles. The average Bonchev–Trinajstić information content (AvgIpc) is 3.07. The number of ether oxygens (including phenoxy) is 1. The Bertz CT molecular complexity index is 1130. The number of carbonyl (C=O) groups is 2. The van der Waals surface area contributed by atoms with E-state index < -0.39 is 16.1 Å². The lowest BCUT2D eigenvalue weighted by atomic mass is 10.2. The van der Waals surface area contributed by atoms with Gasteiger partial charge in [-0.3, -0.25) is 9.59 Å². The van der Waals surface area contributed by atoms with Crippen molar-refractivity contribution in [1.82, 2.24) is 4.31 Å². The Hall–Kier alpha value is -2.17. The van der Waals surface area contributed by atoms with E-state index in [4.69, 9.17) is 27.9 Å².